The van der Waals surface area contributed by atoms with Gasteiger partial charge >= 0.3 is 0 Å². The van der Waals surface area contributed by atoms with Crippen LogP contribution in [-0.4, -0.2) is 27.1 Å². The van der Waals surface area contributed by atoms with Crippen LogP contribution >= 0.6 is 0 Å². The number of amides is 1. The highest BCUT2D eigenvalue weighted by Gasteiger charge is 2.61. The smallest absolute Gasteiger partial charge is 0.291 e. The van der Waals surface area contributed by atoms with Crippen LogP contribution in [0, 0.1) is 16.7 Å². The van der Waals surface area contributed by atoms with Gasteiger partial charge in [0.15, 0.2) is 0 Å². The first-order chi connectivity index (χ1) is 9.88. The Kier molecular flexibility index (Phi) is 3.34. The molecule has 5 heteroatoms. The van der Waals surface area contributed by atoms with Gasteiger partial charge in [-0.3, -0.25) is 9.89 Å². The molecule has 5 nitrogen and oxygen atoms in total. The lowest BCUT2D eigenvalue weighted by atomic mass is 9.69. The zero-order valence-electron chi connectivity index (χ0n) is 13.5. The van der Waals surface area contributed by atoms with Gasteiger partial charge in [0.2, 0.25) is 5.82 Å². The van der Waals surface area contributed by atoms with Gasteiger partial charge in [0, 0.05) is 12.5 Å². The van der Waals surface area contributed by atoms with Crippen LogP contribution in [0.5, 0.6) is 0 Å². The normalized spacial score (nSPS) is 33.3. The van der Waals surface area contributed by atoms with Gasteiger partial charge < -0.3 is 5.32 Å². The van der Waals surface area contributed by atoms with E-state index in [9.17, 15) is 4.79 Å². The van der Waals surface area contributed by atoms with E-state index < -0.39 is 0 Å². The molecule has 1 aromatic rings. The summed E-state index contributed by atoms with van der Waals surface area (Å²) < 4.78 is 0. The van der Waals surface area contributed by atoms with Crippen LogP contribution in [0.15, 0.2) is 0 Å². The first-order valence-electron chi connectivity index (χ1n) is 8.10. The summed E-state index contributed by atoms with van der Waals surface area (Å²) in [4.78, 5) is 16.7. The zero-order chi connectivity index (χ0) is 15.3. The summed E-state index contributed by atoms with van der Waals surface area (Å²) in [5.41, 5.74) is 0.493. The Hall–Kier alpha value is -1.39. The summed E-state index contributed by atoms with van der Waals surface area (Å²) in [6.07, 6.45) is 5.40. The minimum atomic E-state index is -0.136. The summed E-state index contributed by atoms with van der Waals surface area (Å²) in [6, 6.07) is 0.242. The second kappa shape index (κ2) is 4.82. The van der Waals surface area contributed by atoms with E-state index in [1.165, 1.54) is 12.8 Å². The van der Waals surface area contributed by atoms with E-state index in [0.717, 1.165) is 31.0 Å². The predicted octanol–water partition coefficient (Wildman–Crippen LogP) is 2.70. The van der Waals surface area contributed by atoms with Crippen LogP contribution in [-0.2, 0) is 6.42 Å². The van der Waals surface area contributed by atoms with Crippen molar-refractivity contribution in [3.8, 4) is 0 Å². The minimum Gasteiger partial charge on any atom is -0.346 e. The summed E-state index contributed by atoms with van der Waals surface area (Å²) in [6.45, 7) is 9.11. The minimum absolute atomic E-state index is 0.136. The van der Waals surface area contributed by atoms with Crippen molar-refractivity contribution in [3.05, 3.63) is 11.6 Å². The Bertz CT molecular complexity index is 550. The van der Waals surface area contributed by atoms with E-state index >= 15 is 0 Å². The lowest BCUT2D eigenvalue weighted by Crippen LogP contribution is -2.47. The van der Waals surface area contributed by atoms with Gasteiger partial charge in [0.25, 0.3) is 5.91 Å². The molecule has 1 amide bonds. The Balaban J connectivity index is 1.71. The van der Waals surface area contributed by atoms with Crippen molar-refractivity contribution < 1.29 is 4.79 Å². The lowest BCUT2D eigenvalue weighted by Gasteiger charge is -2.39. The fourth-order valence-electron chi connectivity index (χ4n) is 4.39. The lowest BCUT2D eigenvalue weighted by molar-refractivity contribution is 0.0817. The maximum atomic E-state index is 12.4. The maximum absolute atomic E-state index is 12.4. The van der Waals surface area contributed by atoms with E-state index in [-0.39, 0.29) is 23.2 Å². The maximum Gasteiger partial charge on any atom is 0.291 e. The van der Waals surface area contributed by atoms with E-state index in [0.29, 0.717) is 5.41 Å². The molecular formula is C16H26N4O. The van der Waals surface area contributed by atoms with Gasteiger partial charge in [-0.1, -0.05) is 27.7 Å². The molecule has 1 aromatic heterocycles. The highest BCUT2D eigenvalue weighted by molar-refractivity contribution is 5.90. The van der Waals surface area contributed by atoms with Crippen molar-refractivity contribution in [2.45, 2.75) is 65.8 Å². The monoisotopic (exact) mass is 290 g/mol. The third-order valence-electron chi connectivity index (χ3n) is 6.32. The molecule has 3 atom stereocenters. The van der Waals surface area contributed by atoms with Crippen LogP contribution in [0.3, 0.4) is 0 Å². The van der Waals surface area contributed by atoms with Crippen LogP contribution in [0.25, 0.3) is 0 Å². The van der Waals surface area contributed by atoms with Gasteiger partial charge in [-0.2, -0.15) is 0 Å². The fourth-order valence-corrected chi connectivity index (χ4v) is 4.39. The summed E-state index contributed by atoms with van der Waals surface area (Å²) in [7, 11) is 0. The number of aryl methyl sites for hydroxylation is 1. The number of aromatic amines is 1. The quantitative estimate of drug-likeness (QED) is 0.895. The molecule has 0 spiro atoms. The molecule has 2 aliphatic rings. The van der Waals surface area contributed by atoms with Gasteiger partial charge in [0.1, 0.15) is 5.82 Å². The number of aromatic nitrogens is 3. The molecule has 2 fully saturated rings. The molecule has 116 valence electrons. The van der Waals surface area contributed by atoms with Crippen LogP contribution in [0.4, 0.5) is 0 Å². The van der Waals surface area contributed by atoms with E-state index in [2.05, 4.69) is 48.2 Å². The van der Waals surface area contributed by atoms with Crippen LogP contribution in [0.1, 0.15) is 69.8 Å². The van der Waals surface area contributed by atoms with Gasteiger partial charge in [-0.05, 0) is 42.4 Å². The first-order valence-corrected chi connectivity index (χ1v) is 8.10. The predicted molar refractivity (Wildman–Crippen MR) is 80.9 cm³/mol. The third kappa shape index (κ3) is 2.09. The topological polar surface area (TPSA) is 70.7 Å². The molecule has 2 aliphatic carbocycles. The number of nitrogens with zero attached hydrogens (tertiary/aromatic N) is 2. The van der Waals surface area contributed by atoms with Gasteiger partial charge in [-0.15, -0.1) is 5.10 Å². The van der Waals surface area contributed by atoms with Crippen molar-refractivity contribution >= 4 is 5.91 Å². The molecule has 2 N–H and O–H groups in total. The van der Waals surface area contributed by atoms with E-state index in [1.807, 2.05) is 0 Å². The summed E-state index contributed by atoms with van der Waals surface area (Å²) in [5, 5.41) is 10.1. The molecule has 0 radical (unpaired) electrons. The number of rotatable bonds is 4. The van der Waals surface area contributed by atoms with Crippen LogP contribution < -0.4 is 5.32 Å². The molecular weight excluding hydrogens is 264 g/mol. The zero-order valence-corrected chi connectivity index (χ0v) is 13.5. The second-order valence-electron chi connectivity index (χ2n) is 7.49. The average molecular weight is 290 g/mol. The highest BCUT2D eigenvalue weighted by Crippen LogP contribution is 2.65. The highest BCUT2D eigenvalue weighted by atomic mass is 16.2. The Labute approximate surface area is 126 Å². The first kappa shape index (κ1) is 14.5. The SMILES string of the molecule is CCCc1nc(C(=O)NC2CC3CCC2(C)C3(C)C)n[nH]1. The Morgan fingerprint density at radius 2 is 2.19 bits per heavy atom. The largest absolute Gasteiger partial charge is 0.346 e. The standard InChI is InChI=1S/C16H26N4O/c1-5-6-12-18-13(20-19-12)14(21)17-11-9-10-7-8-16(11,4)15(10,2)3/h10-11H,5-9H2,1-4H3,(H,17,21)(H,18,19,20). The number of carbonyl (C=O) groups is 1. The van der Waals surface area contributed by atoms with Crippen molar-refractivity contribution in [2.75, 3.05) is 0 Å². The molecule has 0 aliphatic heterocycles. The third-order valence-corrected chi connectivity index (χ3v) is 6.32. The molecule has 21 heavy (non-hydrogen) atoms. The Morgan fingerprint density at radius 3 is 2.76 bits per heavy atom. The molecule has 1 heterocycles. The molecule has 0 saturated heterocycles. The van der Waals surface area contributed by atoms with Crippen molar-refractivity contribution in [1.82, 2.24) is 20.5 Å². The number of carbonyl (C=O) groups excluding carboxylic acids is 1. The van der Waals surface area contributed by atoms with E-state index in [1.54, 1.807) is 0 Å². The van der Waals surface area contributed by atoms with Crippen molar-refractivity contribution in [2.24, 2.45) is 16.7 Å². The molecule has 0 aromatic carbocycles. The average Bonchev–Trinajstić information content (AvgIpc) is 3.02. The number of H-pyrrole nitrogens is 1. The van der Waals surface area contributed by atoms with E-state index in [4.69, 9.17) is 0 Å². The molecule has 3 unspecified atom stereocenters. The van der Waals surface area contributed by atoms with Crippen molar-refractivity contribution in [1.29, 1.82) is 0 Å². The summed E-state index contributed by atoms with van der Waals surface area (Å²) in [5.74, 6) is 1.66. The van der Waals surface area contributed by atoms with Crippen molar-refractivity contribution in [3.63, 3.8) is 0 Å². The number of fused-ring (bicyclic) bond motifs is 2. The molecule has 3 rings (SSSR count). The number of hydrogen-bond donors (Lipinski definition) is 2. The van der Waals surface area contributed by atoms with Gasteiger partial charge in [-0.25, -0.2) is 4.98 Å². The van der Waals surface area contributed by atoms with Crippen LogP contribution in [0.2, 0.25) is 0 Å². The van der Waals surface area contributed by atoms with Gasteiger partial charge in [0.05, 0.1) is 0 Å². The summed E-state index contributed by atoms with van der Waals surface area (Å²) >= 11 is 0. The number of nitrogens with one attached hydrogen (secondary N) is 2. The number of hydrogen-bond acceptors (Lipinski definition) is 3. The molecule has 2 saturated carbocycles. The molecule has 2 bridgehead atoms. The second-order valence-corrected chi connectivity index (χ2v) is 7.49. The Morgan fingerprint density at radius 1 is 1.43 bits per heavy atom. The fraction of sp³-hybridized carbons (Fsp3) is 0.812.